The van der Waals surface area contributed by atoms with Crippen LogP contribution < -0.4 is 10.1 Å². The van der Waals surface area contributed by atoms with Crippen molar-refractivity contribution in [1.29, 1.82) is 0 Å². The van der Waals surface area contributed by atoms with Gasteiger partial charge in [0.15, 0.2) is 5.76 Å². The second kappa shape index (κ2) is 9.15. The van der Waals surface area contributed by atoms with E-state index in [1.165, 1.54) is 24.8 Å². The molecule has 3 aromatic rings. The van der Waals surface area contributed by atoms with Crippen LogP contribution in [-0.4, -0.2) is 37.6 Å². The van der Waals surface area contributed by atoms with Crippen LogP contribution in [0.25, 0.3) is 11.0 Å². The number of likely N-dealkylation sites (tertiary alicyclic amines) is 1. The molecule has 1 fully saturated rings. The number of amides is 1. The monoisotopic (exact) mass is 420 g/mol. The Balaban J connectivity index is 1.56. The number of hydrogen-bond donors (Lipinski definition) is 1. The maximum absolute atomic E-state index is 13.1. The topological polar surface area (TPSA) is 54.7 Å². The predicted octanol–water partition coefficient (Wildman–Crippen LogP) is 5.32. The third-order valence-corrected chi connectivity index (χ3v) is 6.62. The first-order valence-corrected chi connectivity index (χ1v) is 11.1. The Kier molecular flexibility index (Phi) is 6.33. The average molecular weight is 421 g/mol. The van der Waals surface area contributed by atoms with Gasteiger partial charge in [-0.2, -0.15) is 0 Å². The van der Waals surface area contributed by atoms with Gasteiger partial charge in [-0.05, 0) is 75.5 Å². The van der Waals surface area contributed by atoms with Crippen LogP contribution in [0, 0.1) is 20.8 Å². The van der Waals surface area contributed by atoms with Gasteiger partial charge in [0.25, 0.3) is 5.91 Å². The van der Waals surface area contributed by atoms with Gasteiger partial charge in [0, 0.05) is 17.5 Å². The molecule has 0 radical (unpaired) electrons. The van der Waals surface area contributed by atoms with Crippen molar-refractivity contribution in [2.24, 2.45) is 0 Å². The molecular weight excluding hydrogens is 388 g/mol. The molecule has 1 saturated heterocycles. The number of piperidine rings is 1. The van der Waals surface area contributed by atoms with Gasteiger partial charge in [-0.15, -0.1) is 0 Å². The minimum absolute atomic E-state index is 0.129. The summed E-state index contributed by atoms with van der Waals surface area (Å²) in [6, 6.07) is 12.4. The Labute approximate surface area is 184 Å². The number of fused-ring (bicyclic) bond motifs is 1. The number of carbonyl (C=O) groups is 1. The average Bonchev–Trinajstić information content (AvgIpc) is 3.14. The standard InChI is InChI=1S/C26H32N2O3/c1-17-8-13-22-19(3)25(31-24(22)18(17)2)26(29)27-16-23(28-14-6-5-7-15-28)20-9-11-21(30-4)12-10-20/h8-13,23H,5-7,14-16H2,1-4H3,(H,27,29). The molecule has 164 valence electrons. The van der Waals surface area contributed by atoms with Crippen LogP contribution in [0.4, 0.5) is 0 Å². The largest absolute Gasteiger partial charge is 0.497 e. The van der Waals surface area contributed by atoms with E-state index < -0.39 is 0 Å². The molecule has 5 nitrogen and oxygen atoms in total. The van der Waals surface area contributed by atoms with Crippen molar-refractivity contribution in [1.82, 2.24) is 10.2 Å². The molecule has 0 bridgehead atoms. The third kappa shape index (κ3) is 4.33. The lowest BCUT2D eigenvalue weighted by Crippen LogP contribution is -2.40. The number of benzene rings is 2. The quantitative estimate of drug-likeness (QED) is 0.586. The van der Waals surface area contributed by atoms with Gasteiger partial charge in [0.05, 0.1) is 13.2 Å². The lowest BCUT2D eigenvalue weighted by atomic mass is 10.0. The third-order valence-electron chi connectivity index (χ3n) is 6.62. The van der Waals surface area contributed by atoms with Gasteiger partial charge in [0.2, 0.25) is 0 Å². The molecule has 31 heavy (non-hydrogen) atoms. The van der Waals surface area contributed by atoms with Crippen LogP contribution in [0.3, 0.4) is 0 Å². The summed E-state index contributed by atoms with van der Waals surface area (Å²) in [7, 11) is 1.68. The predicted molar refractivity (Wildman–Crippen MR) is 124 cm³/mol. The number of nitrogens with one attached hydrogen (secondary N) is 1. The van der Waals surface area contributed by atoms with Crippen LogP contribution in [0.2, 0.25) is 0 Å². The maximum atomic E-state index is 13.1. The zero-order valence-corrected chi connectivity index (χ0v) is 19.0. The van der Waals surface area contributed by atoms with Crippen LogP contribution in [0.5, 0.6) is 5.75 Å². The van der Waals surface area contributed by atoms with Crippen molar-refractivity contribution in [3.63, 3.8) is 0 Å². The molecule has 0 spiro atoms. The molecule has 1 atom stereocenters. The molecule has 0 saturated carbocycles. The lowest BCUT2D eigenvalue weighted by Gasteiger charge is -2.35. The number of furan rings is 1. The van der Waals surface area contributed by atoms with E-state index in [-0.39, 0.29) is 11.9 Å². The van der Waals surface area contributed by atoms with Gasteiger partial charge in [-0.25, -0.2) is 0 Å². The van der Waals surface area contributed by atoms with Crippen molar-refractivity contribution >= 4 is 16.9 Å². The Bertz CT molecular complexity index is 1060. The fraction of sp³-hybridized carbons (Fsp3) is 0.423. The van der Waals surface area contributed by atoms with E-state index in [4.69, 9.17) is 9.15 Å². The number of ether oxygens (including phenoxy) is 1. The maximum Gasteiger partial charge on any atom is 0.287 e. The molecule has 1 aromatic heterocycles. The van der Waals surface area contributed by atoms with Crippen LogP contribution in [0.15, 0.2) is 40.8 Å². The molecule has 4 rings (SSSR count). The van der Waals surface area contributed by atoms with Crippen molar-refractivity contribution < 1.29 is 13.9 Å². The van der Waals surface area contributed by atoms with Gasteiger partial charge in [-0.1, -0.05) is 30.7 Å². The van der Waals surface area contributed by atoms with Gasteiger partial charge in [0.1, 0.15) is 11.3 Å². The summed E-state index contributed by atoms with van der Waals surface area (Å²) >= 11 is 0. The highest BCUT2D eigenvalue weighted by atomic mass is 16.5. The normalized spacial score (nSPS) is 15.7. The van der Waals surface area contributed by atoms with E-state index in [9.17, 15) is 4.79 Å². The summed E-state index contributed by atoms with van der Waals surface area (Å²) in [6.45, 7) is 8.70. The van der Waals surface area contributed by atoms with E-state index in [0.717, 1.165) is 46.5 Å². The Hall–Kier alpha value is -2.79. The first kappa shape index (κ1) is 21.4. The van der Waals surface area contributed by atoms with Gasteiger partial charge in [-0.3, -0.25) is 9.69 Å². The molecule has 1 unspecified atom stereocenters. The van der Waals surface area contributed by atoms with E-state index in [2.05, 4.69) is 35.3 Å². The Morgan fingerprint density at radius 1 is 1.03 bits per heavy atom. The fourth-order valence-electron chi connectivity index (χ4n) is 4.52. The highest BCUT2D eigenvalue weighted by Crippen LogP contribution is 2.30. The molecule has 1 amide bonds. The molecule has 5 heteroatoms. The highest BCUT2D eigenvalue weighted by Gasteiger charge is 2.25. The first-order valence-electron chi connectivity index (χ1n) is 11.1. The van der Waals surface area contributed by atoms with E-state index in [0.29, 0.717) is 12.3 Å². The summed E-state index contributed by atoms with van der Waals surface area (Å²) in [6.07, 6.45) is 3.67. The zero-order valence-electron chi connectivity index (χ0n) is 19.0. The summed E-state index contributed by atoms with van der Waals surface area (Å²) in [4.78, 5) is 15.6. The molecular formula is C26H32N2O3. The molecule has 1 N–H and O–H groups in total. The summed E-state index contributed by atoms with van der Waals surface area (Å²) in [5.74, 6) is 1.10. The van der Waals surface area contributed by atoms with Crippen molar-refractivity contribution in [2.75, 3.05) is 26.7 Å². The second-order valence-corrected chi connectivity index (χ2v) is 8.54. The fourth-order valence-corrected chi connectivity index (χ4v) is 4.52. The molecule has 1 aliphatic rings. The van der Waals surface area contributed by atoms with Crippen molar-refractivity contribution in [3.05, 3.63) is 64.4 Å². The smallest absolute Gasteiger partial charge is 0.287 e. The summed E-state index contributed by atoms with van der Waals surface area (Å²) in [5.41, 5.74) is 5.15. The zero-order chi connectivity index (χ0) is 22.0. The van der Waals surface area contributed by atoms with Gasteiger partial charge < -0.3 is 14.5 Å². The van der Waals surface area contributed by atoms with Crippen LogP contribution in [-0.2, 0) is 0 Å². The minimum atomic E-state index is -0.152. The van der Waals surface area contributed by atoms with Crippen molar-refractivity contribution in [2.45, 2.75) is 46.1 Å². The van der Waals surface area contributed by atoms with Gasteiger partial charge >= 0.3 is 0 Å². The highest BCUT2D eigenvalue weighted by molar-refractivity contribution is 5.99. The molecule has 0 aliphatic carbocycles. The van der Waals surface area contributed by atoms with E-state index in [1.807, 2.05) is 32.0 Å². The Morgan fingerprint density at radius 3 is 2.42 bits per heavy atom. The molecule has 2 aromatic carbocycles. The number of carbonyl (C=O) groups excluding carboxylic acids is 1. The van der Waals surface area contributed by atoms with Crippen LogP contribution >= 0.6 is 0 Å². The number of methoxy groups -OCH3 is 1. The van der Waals surface area contributed by atoms with Crippen molar-refractivity contribution in [3.8, 4) is 5.75 Å². The number of nitrogens with zero attached hydrogens (tertiary/aromatic N) is 1. The minimum Gasteiger partial charge on any atom is -0.497 e. The van der Waals surface area contributed by atoms with E-state index >= 15 is 0 Å². The SMILES string of the molecule is COc1ccc(C(CNC(=O)c2oc3c(C)c(C)ccc3c2C)N2CCCCC2)cc1. The number of rotatable bonds is 6. The first-order chi connectivity index (χ1) is 15.0. The van der Waals surface area contributed by atoms with E-state index in [1.54, 1.807) is 7.11 Å². The second-order valence-electron chi connectivity index (χ2n) is 8.54. The number of hydrogen-bond acceptors (Lipinski definition) is 4. The molecule has 1 aliphatic heterocycles. The lowest BCUT2D eigenvalue weighted by molar-refractivity contribution is 0.0898. The summed E-state index contributed by atoms with van der Waals surface area (Å²) < 4.78 is 11.4. The number of aryl methyl sites for hydroxylation is 3. The Morgan fingerprint density at radius 2 is 1.74 bits per heavy atom. The summed E-state index contributed by atoms with van der Waals surface area (Å²) in [5, 5.41) is 4.16. The van der Waals surface area contributed by atoms with Crippen LogP contribution in [0.1, 0.15) is 58.1 Å². The molecule has 2 heterocycles.